The molecule has 84 valence electrons. The summed E-state index contributed by atoms with van der Waals surface area (Å²) in [5.41, 5.74) is 1.29. The van der Waals surface area contributed by atoms with Crippen molar-refractivity contribution in [2.24, 2.45) is 0 Å². The van der Waals surface area contributed by atoms with E-state index in [4.69, 9.17) is 5.11 Å². The minimum absolute atomic E-state index is 0.222. The van der Waals surface area contributed by atoms with Crippen LogP contribution in [0.5, 0.6) is 0 Å². The van der Waals surface area contributed by atoms with Crippen LogP contribution in [0.4, 0.5) is 0 Å². The standard InChI is InChI=1S/C12H19NOS/c1-9(8-14)15-12-6-4-11(5-7-12)10(2)13-3/h4-7,9-10,13-14H,8H2,1-3H3. The third-order valence-corrected chi connectivity index (χ3v) is 3.50. The van der Waals surface area contributed by atoms with Crippen molar-refractivity contribution in [1.82, 2.24) is 5.32 Å². The lowest BCUT2D eigenvalue weighted by atomic mass is 10.1. The maximum Gasteiger partial charge on any atom is 0.0550 e. The highest BCUT2D eigenvalue weighted by molar-refractivity contribution is 8.00. The van der Waals surface area contributed by atoms with Crippen LogP contribution in [0.1, 0.15) is 25.5 Å². The van der Waals surface area contributed by atoms with E-state index in [0.717, 1.165) is 0 Å². The fourth-order valence-electron chi connectivity index (χ4n) is 1.27. The number of hydrogen-bond acceptors (Lipinski definition) is 3. The largest absolute Gasteiger partial charge is 0.395 e. The van der Waals surface area contributed by atoms with E-state index in [1.54, 1.807) is 11.8 Å². The van der Waals surface area contributed by atoms with E-state index >= 15 is 0 Å². The van der Waals surface area contributed by atoms with Gasteiger partial charge in [-0.3, -0.25) is 0 Å². The van der Waals surface area contributed by atoms with Crippen molar-refractivity contribution in [3.05, 3.63) is 29.8 Å². The van der Waals surface area contributed by atoms with Gasteiger partial charge in [-0.1, -0.05) is 19.1 Å². The third kappa shape index (κ3) is 3.86. The Kier molecular flexibility index (Phi) is 5.15. The number of hydrogen-bond donors (Lipinski definition) is 2. The number of nitrogens with one attached hydrogen (secondary N) is 1. The molecule has 0 aliphatic rings. The summed E-state index contributed by atoms with van der Waals surface area (Å²) in [7, 11) is 1.96. The van der Waals surface area contributed by atoms with Crippen LogP contribution in [-0.2, 0) is 0 Å². The van der Waals surface area contributed by atoms with E-state index in [-0.39, 0.29) is 11.9 Å². The molecule has 0 heterocycles. The highest BCUT2D eigenvalue weighted by Crippen LogP contribution is 2.24. The van der Waals surface area contributed by atoms with Crippen molar-refractivity contribution in [2.45, 2.75) is 30.0 Å². The van der Waals surface area contributed by atoms with Crippen molar-refractivity contribution in [3.63, 3.8) is 0 Å². The van der Waals surface area contributed by atoms with E-state index in [2.05, 4.69) is 36.5 Å². The molecule has 0 amide bonds. The molecule has 3 heteroatoms. The van der Waals surface area contributed by atoms with Crippen LogP contribution in [0.3, 0.4) is 0 Å². The SMILES string of the molecule is CNC(C)c1ccc(SC(C)CO)cc1. The normalized spacial score (nSPS) is 14.9. The van der Waals surface area contributed by atoms with Crippen LogP contribution in [0, 0.1) is 0 Å². The molecule has 15 heavy (non-hydrogen) atoms. The molecule has 1 aromatic rings. The first kappa shape index (κ1) is 12.6. The molecule has 0 spiro atoms. The molecule has 0 saturated carbocycles. The van der Waals surface area contributed by atoms with Crippen molar-refractivity contribution in [2.75, 3.05) is 13.7 Å². The van der Waals surface area contributed by atoms with Gasteiger partial charge in [0.05, 0.1) is 6.61 Å². The Balaban J connectivity index is 2.64. The van der Waals surface area contributed by atoms with E-state index < -0.39 is 0 Å². The Labute approximate surface area is 96.1 Å². The number of rotatable bonds is 5. The molecule has 0 aromatic heterocycles. The van der Waals surface area contributed by atoms with Gasteiger partial charge in [-0.25, -0.2) is 0 Å². The van der Waals surface area contributed by atoms with Gasteiger partial charge in [0.15, 0.2) is 0 Å². The quantitative estimate of drug-likeness (QED) is 0.755. The Morgan fingerprint density at radius 1 is 1.27 bits per heavy atom. The second-order valence-electron chi connectivity index (χ2n) is 3.69. The second kappa shape index (κ2) is 6.16. The van der Waals surface area contributed by atoms with Crippen molar-refractivity contribution >= 4 is 11.8 Å². The lowest BCUT2D eigenvalue weighted by Crippen LogP contribution is -2.11. The summed E-state index contributed by atoms with van der Waals surface area (Å²) in [6, 6.07) is 8.88. The molecule has 2 unspecified atom stereocenters. The smallest absolute Gasteiger partial charge is 0.0550 e. The number of thioether (sulfide) groups is 1. The molecule has 0 aliphatic heterocycles. The van der Waals surface area contributed by atoms with Gasteiger partial charge in [-0.05, 0) is 31.7 Å². The molecule has 1 aromatic carbocycles. The maximum absolute atomic E-state index is 8.95. The van der Waals surface area contributed by atoms with Gasteiger partial charge in [0.2, 0.25) is 0 Å². The van der Waals surface area contributed by atoms with Gasteiger partial charge in [-0.2, -0.15) is 0 Å². The zero-order valence-electron chi connectivity index (χ0n) is 9.53. The topological polar surface area (TPSA) is 32.3 Å². The van der Waals surface area contributed by atoms with Crippen LogP contribution in [-0.4, -0.2) is 24.0 Å². The number of benzene rings is 1. The summed E-state index contributed by atoms with van der Waals surface area (Å²) in [5, 5.41) is 12.4. The average Bonchev–Trinajstić information content (AvgIpc) is 2.29. The molecular weight excluding hydrogens is 206 g/mol. The second-order valence-corrected chi connectivity index (χ2v) is 5.20. The van der Waals surface area contributed by atoms with Gasteiger partial charge in [0, 0.05) is 16.2 Å². The van der Waals surface area contributed by atoms with Crippen molar-refractivity contribution in [3.8, 4) is 0 Å². The summed E-state index contributed by atoms with van der Waals surface area (Å²) < 4.78 is 0. The summed E-state index contributed by atoms with van der Waals surface area (Å²) in [5.74, 6) is 0. The minimum atomic E-state index is 0.222. The monoisotopic (exact) mass is 225 g/mol. The molecule has 2 atom stereocenters. The Hall–Kier alpha value is -0.510. The highest BCUT2D eigenvalue weighted by Gasteiger charge is 2.04. The number of aliphatic hydroxyl groups is 1. The number of aliphatic hydroxyl groups excluding tert-OH is 1. The molecular formula is C12H19NOS. The van der Waals surface area contributed by atoms with Gasteiger partial charge in [-0.15, -0.1) is 11.8 Å². The van der Waals surface area contributed by atoms with Gasteiger partial charge < -0.3 is 10.4 Å². The van der Waals surface area contributed by atoms with E-state index in [9.17, 15) is 0 Å². The molecule has 0 fully saturated rings. The lowest BCUT2D eigenvalue weighted by Gasteiger charge is -2.12. The zero-order chi connectivity index (χ0) is 11.3. The van der Waals surface area contributed by atoms with Gasteiger partial charge >= 0.3 is 0 Å². The van der Waals surface area contributed by atoms with Gasteiger partial charge in [0.1, 0.15) is 0 Å². The molecule has 0 bridgehead atoms. The first-order chi connectivity index (χ1) is 7.17. The first-order valence-corrected chi connectivity index (χ1v) is 6.10. The molecule has 0 aliphatic carbocycles. The van der Waals surface area contributed by atoms with Crippen LogP contribution in [0.25, 0.3) is 0 Å². The molecule has 0 saturated heterocycles. The Bertz CT molecular complexity index is 286. The average molecular weight is 225 g/mol. The maximum atomic E-state index is 8.95. The molecule has 2 N–H and O–H groups in total. The Morgan fingerprint density at radius 3 is 2.33 bits per heavy atom. The van der Waals surface area contributed by atoms with Crippen LogP contribution in [0.2, 0.25) is 0 Å². The minimum Gasteiger partial charge on any atom is -0.395 e. The molecule has 0 radical (unpaired) electrons. The summed E-state index contributed by atoms with van der Waals surface area (Å²) in [4.78, 5) is 1.21. The predicted octanol–water partition coefficient (Wildman–Crippen LogP) is 2.44. The predicted molar refractivity (Wildman–Crippen MR) is 66.3 cm³/mol. The Morgan fingerprint density at radius 2 is 1.87 bits per heavy atom. The van der Waals surface area contributed by atoms with Gasteiger partial charge in [0.25, 0.3) is 0 Å². The summed E-state index contributed by atoms with van der Waals surface area (Å²) >= 11 is 1.70. The first-order valence-electron chi connectivity index (χ1n) is 5.22. The summed E-state index contributed by atoms with van der Waals surface area (Å²) in [6.45, 7) is 4.38. The molecule has 1 rings (SSSR count). The zero-order valence-corrected chi connectivity index (χ0v) is 10.3. The van der Waals surface area contributed by atoms with E-state index in [0.29, 0.717) is 6.04 Å². The van der Waals surface area contributed by atoms with Crippen LogP contribution >= 0.6 is 11.8 Å². The lowest BCUT2D eigenvalue weighted by molar-refractivity contribution is 0.300. The molecule has 2 nitrogen and oxygen atoms in total. The fourth-order valence-corrected chi connectivity index (χ4v) is 2.10. The van der Waals surface area contributed by atoms with Crippen LogP contribution < -0.4 is 5.32 Å². The van der Waals surface area contributed by atoms with Crippen molar-refractivity contribution in [1.29, 1.82) is 0 Å². The summed E-state index contributed by atoms with van der Waals surface area (Å²) in [6.07, 6.45) is 0. The van der Waals surface area contributed by atoms with Crippen LogP contribution in [0.15, 0.2) is 29.2 Å². The fraction of sp³-hybridized carbons (Fsp3) is 0.500. The van der Waals surface area contributed by atoms with E-state index in [1.807, 2.05) is 14.0 Å². The van der Waals surface area contributed by atoms with E-state index in [1.165, 1.54) is 10.5 Å². The third-order valence-electron chi connectivity index (χ3n) is 2.41. The highest BCUT2D eigenvalue weighted by atomic mass is 32.2. The van der Waals surface area contributed by atoms with Crippen molar-refractivity contribution < 1.29 is 5.11 Å².